The van der Waals surface area contributed by atoms with Crippen LogP contribution in [0.25, 0.3) is 0 Å². The molecule has 57 heavy (non-hydrogen) atoms. The molecule has 1 amide bonds. The number of unbranched alkanes of at least 4 members (excludes halogenated alkanes) is 33. The third kappa shape index (κ3) is 40.0. The topological polar surface area (TPSA) is 110 Å². The average molecular weight is 806 g/mol. The fourth-order valence-corrected chi connectivity index (χ4v) is 7.87. The Morgan fingerprint density at radius 2 is 0.719 bits per heavy atom. The van der Waals surface area contributed by atoms with E-state index in [-0.39, 0.29) is 0 Å². The number of aliphatic hydroxyl groups excluding tert-OH is 4. The van der Waals surface area contributed by atoms with Crippen molar-refractivity contribution < 1.29 is 25.2 Å². The van der Waals surface area contributed by atoms with E-state index < -0.39 is 36.9 Å². The van der Waals surface area contributed by atoms with Crippen molar-refractivity contribution in [1.82, 2.24) is 5.32 Å². The molecule has 0 aliphatic carbocycles. The minimum Gasteiger partial charge on any atom is -0.394 e. The van der Waals surface area contributed by atoms with E-state index in [2.05, 4.69) is 43.5 Å². The third-order valence-corrected chi connectivity index (χ3v) is 11.9. The number of carbonyl (C=O) groups excluding carboxylic acids is 1. The van der Waals surface area contributed by atoms with Crippen LogP contribution in [0.2, 0.25) is 0 Å². The summed E-state index contributed by atoms with van der Waals surface area (Å²) in [5.74, 6) is -0.595. The van der Waals surface area contributed by atoms with Gasteiger partial charge >= 0.3 is 0 Å². The smallest absolute Gasteiger partial charge is 0.249 e. The molecule has 0 saturated heterocycles. The van der Waals surface area contributed by atoms with E-state index in [9.17, 15) is 25.2 Å². The van der Waals surface area contributed by atoms with Crippen LogP contribution in [0.4, 0.5) is 0 Å². The van der Waals surface area contributed by atoms with Gasteiger partial charge in [0, 0.05) is 0 Å². The lowest BCUT2D eigenvalue weighted by Crippen LogP contribution is -2.53. The zero-order chi connectivity index (χ0) is 41.7. The molecule has 0 aromatic rings. The molecular weight excluding hydrogens is 707 g/mol. The van der Waals surface area contributed by atoms with Gasteiger partial charge in [-0.3, -0.25) is 4.79 Å². The zero-order valence-electron chi connectivity index (χ0n) is 38.1. The molecule has 4 atom stereocenters. The number of allylic oxidation sites excluding steroid dienone is 4. The molecule has 0 bridgehead atoms. The number of amides is 1. The first-order chi connectivity index (χ1) is 28.0. The van der Waals surface area contributed by atoms with Crippen LogP contribution in [0.1, 0.15) is 264 Å². The monoisotopic (exact) mass is 806 g/mol. The van der Waals surface area contributed by atoms with Crippen LogP contribution in [0, 0.1) is 0 Å². The van der Waals surface area contributed by atoms with Gasteiger partial charge in [-0.2, -0.15) is 0 Å². The summed E-state index contributed by atoms with van der Waals surface area (Å²) < 4.78 is 0. The highest BCUT2D eigenvalue weighted by Gasteiger charge is 2.28. The fraction of sp³-hybridized carbons (Fsp3) is 0.902. The molecule has 0 heterocycles. The summed E-state index contributed by atoms with van der Waals surface area (Å²) in [5, 5.41) is 43.8. The van der Waals surface area contributed by atoms with Gasteiger partial charge in [0.05, 0.1) is 18.8 Å². The lowest BCUT2D eigenvalue weighted by molar-refractivity contribution is -0.132. The molecule has 0 aliphatic heterocycles. The summed E-state index contributed by atoms with van der Waals surface area (Å²) in [6.07, 6.45) is 53.7. The summed E-state index contributed by atoms with van der Waals surface area (Å²) in [6.45, 7) is 4.06. The van der Waals surface area contributed by atoms with E-state index in [1.54, 1.807) is 0 Å². The molecule has 0 rings (SSSR count). The number of nitrogens with one attached hydrogen (secondary N) is 1. The predicted molar refractivity (Wildman–Crippen MR) is 247 cm³/mol. The van der Waals surface area contributed by atoms with Gasteiger partial charge in [-0.05, 0) is 64.2 Å². The second-order valence-corrected chi connectivity index (χ2v) is 17.5. The second-order valence-electron chi connectivity index (χ2n) is 17.5. The second kappa shape index (κ2) is 45.9. The molecule has 0 spiro atoms. The Morgan fingerprint density at radius 3 is 1.05 bits per heavy atom. The number of carbonyl (C=O) groups is 1. The number of hydrogen-bond donors (Lipinski definition) is 5. The molecule has 0 radical (unpaired) electrons. The first-order valence-corrected chi connectivity index (χ1v) is 25.2. The minimum atomic E-state index is -1.28. The first-order valence-electron chi connectivity index (χ1n) is 25.2. The van der Waals surface area contributed by atoms with Crippen LogP contribution in [-0.2, 0) is 4.79 Å². The van der Waals surface area contributed by atoms with Crippen molar-refractivity contribution in [1.29, 1.82) is 0 Å². The molecule has 6 heteroatoms. The predicted octanol–water partition coefficient (Wildman–Crippen LogP) is 13.9. The lowest BCUT2D eigenvalue weighted by Gasteiger charge is -2.27. The Bertz CT molecular complexity index is 863. The van der Waals surface area contributed by atoms with E-state index >= 15 is 0 Å². The summed E-state index contributed by atoms with van der Waals surface area (Å²) in [4.78, 5) is 12.5. The van der Waals surface area contributed by atoms with Crippen molar-refractivity contribution in [3.05, 3.63) is 24.3 Å². The Kier molecular flexibility index (Phi) is 44.9. The van der Waals surface area contributed by atoms with Crippen molar-refractivity contribution in [3.8, 4) is 0 Å². The lowest BCUT2D eigenvalue weighted by atomic mass is 10.00. The van der Waals surface area contributed by atoms with Crippen LogP contribution in [0.3, 0.4) is 0 Å². The van der Waals surface area contributed by atoms with Gasteiger partial charge in [-0.25, -0.2) is 0 Å². The molecular formula is C51H99NO5. The highest BCUT2D eigenvalue weighted by Crippen LogP contribution is 2.16. The molecule has 0 aliphatic rings. The van der Waals surface area contributed by atoms with Gasteiger partial charge in [0.1, 0.15) is 12.2 Å². The number of hydrogen-bond acceptors (Lipinski definition) is 5. The van der Waals surface area contributed by atoms with E-state index in [1.165, 1.54) is 193 Å². The summed E-state index contributed by atoms with van der Waals surface area (Å²) in [6, 6.07) is -1.00. The van der Waals surface area contributed by atoms with Gasteiger partial charge in [0.2, 0.25) is 5.91 Å². The maximum Gasteiger partial charge on any atom is 0.249 e. The molecule has 0 fully saturated rings. The fourth-order valence-electron chi connectivity index (χ4n) is 7.87. The standard InChI is InChI=1S/C51H99NO5/c1-3-5-7-9-11-13-15-17-19-21-23-24-25-27-29-31-33-35-37-39-41-43-45-49(55)51(57)52-47(46-53)50(56)48(54)44-42-40-38-36-34-32-30-28-26-22-20-18-16-14-12-10-8-6-4-2/h27,29,36,38,47-50,53-56H,3-26,28,30-35,37,39-46H2,1-2H3,(H,52,57)/b29-27-,38-36+. The van der Waals surface area contributed by atoms with Crippen molar-refractivity contribution >= 4 is 5.91 Å². The molecule has 4 unspecified atom stereocenters. The maximum atomic E-state index is 12.5. The Balaban J connectivity index is 3.71. The normalized spacial score (nSPS) is 14.1. The van der Waals surface area contributed by atoms with Gasteiger partial charge in [-0.1, -0.05) is 224 Å². The third-order valence-electron chi connectivity index (χ3n) is 11.9. The van der Waals surface area contributed by atoms with E-state index in [0.717, 1.165) is 44.9 Å². The quantitative estimate of drug-likeness (QED) is 0.0311. The summed E-state index contributed by atoms with van der Waals surface area (Å²) in [7, 11) is 0. The summed E-state index contributed by atoms with van der Waals surface area (Å²) in [5.41, 5.74) is 0. The Hall–Kier alpha value is -1.21. The first kappa shape index (κ1) is 55.8. The van der Waals surface area contributed by atoms with E-state index in [1.807, 2.05) is 0 Å². The van der Waals surface area contributed by atoms with Gasteiger partial charge in [0.25, 0.3) is 0 Å². The highest BCUT2D eigenvalue weighted by molar-refractivity contribution is 5.80. The highest BCUT2D eigenvalue weighted by atomic mass is 16.3. The molecule has 0 aromatic heterocycles. The average Bonchev–Trinajstić information content (AvgIpc) is 3.22. The van der Waals surface area contributed by atoms with Gasteiger partial charge < -0.3 is 25.7 Å². The van der Waals surface area contributed by atoms with Crippen LogP contribution in [0.5, 0.6) is 0 Å². The molecule has 0 saturated carbocycles. The SMILES string of the molecule is CCCCCCCCCCCCCC/C=C\CCCCCCCCC(O)C(=O)NC(CO)C(O)C(O)CCC/C=C/CCCCCCCCCCCCCCCC. The van der Waals surface area contributed by atoms with E-state index in [0.29, 0.717) is 12.8 Å². The van der Waals surface area contributed by atoms with Crippen molar-refractivity contribution in [2.45, 2.75) is 289 Å². The van der Waals surface area contributed by atoms with Gasteiger partial charge in [0.15, 0.2) is 0 Å². The number of aliphatic hydroxyl groups is 4. The molecule has 338 valence electrons. The van der Waals surface area contributed by atoms with Crippen LogP contribution < -0.4 is 5.32 Å². The van der Waals surface area contributed by atoms with Crippen molar-refractivity contribution in [2.75, 3.05) is 6.61 Å². The summed E-state index contributed by atoms with van der Waals surface area (Å²) >= 11 is 0. The molecule has 6 nitrogen and oxygen atoms in total. The van der Waals surface area contributed by atoms with Crippen LogP contribution in [-0.4, -0.2) is 57.3 Å². The Morgan fingerprint density at radius 1 is 0.421 bits per heavy atom. The zero-order valence-corrected chi connectivity index (χ0v) is 38.1. The van der Waals surface area contributed by atoms with E-state index in [4.69, 9.17) is 0 Å². The Labute approximate surface area is 354 Å². The minimum absolute atomic E-state index is 0.357. The maximum absolute atomic E-state index is 12.5. The number of rotatable bonds is 46. The largest absolute Gasteiger partial charge is 0.394 e. The molecule has 5 N–H and O–H groups in total. The van der Waals surface area contributed by atoms with Crippen molar-refractivity contribution in [3.63, 3.8) is 0 Å². The van der Waals surface area contributed by atoms with Gasteiger partial charge in [-0.15, -0.1) is 0 Å². The van der Waals surface area contributed by atoms with Crippen molar-refractivity contribution in [2.24, 2.45) is 0 Å². The molecule has 0 aromatic carbocycles. The van der Waals surface area contributed by atoms with Crippen LogP contribution >= 0.6 is 0 Å². The van der Waals surface area contributed by atoms with Crippen LogP contribution in [0.15, 0.2) is 24.3 Å².